The molecule has 0 bridgehead atoms. The highest BCUT2D eigenvalue weighted by molar-refractivity contribution is 6.20. The highest BCUT2D eigenvalue weighted by Gasteiger charge is 2.19. The molecule has 0 aliphatic carbocycles. The van der Waals surface area contributed by atoms with Crippen molar-refractivity contribution in [2.75, 3.05) is 0 Å². The van der Waals surface area contributed by atoms with E-state index in [0.29, 0.717) is 0 Å². The van der Waals surface area contributed by atoms with Gasteiger partial charge < -0.3 is 9.13 Å². The minimum absolute atomic E-state index is 1.17. The molecule has 0 atom stereocenters. The molecule has 0 fully saturated rings. The highest BCUT2D eigenvalue weighted by Crippen LogP contribution is 2.41. The average molecular weight is 509 g/mol. The third kappa shape index (κ3) is 2.88. The Hall–Kier alpha value is -5.34. The molecular formula is C38H24N2. The summed E-state index contributed by atoms with van der Waals surface area (Å²) in [5.41, 5.74) is 7.27. The number of para-hydroxylation sites is 3. The first-order chi connectivity index (χ1) is 19.9. The molecule has 2 nitrogen and oxygen atoms in total. The third-order valence-corrected chi connectivity index (χ3v) is 8.47. The summed E-state index contributed by atoms with van der Waals surface area (Å²) < 4.78 is 4.89. The number of hydrogen-bond donors (Lipinski definition) is 0. The number of fused-ring (bicyclic) bond motifs is 9. The van der Waals surface area contributed by atoms with E-state index in [1.807, 2.05) is 0 Å². The van der Waals surface area contributed by atoms with Crippen molar-refractivity contribution in [3.8, 4) is 11.4 Å². The van der Waals surface area contributed by atoms with Crippen LogP contribution in [-0.4, -0.2) is 9.13 Å². The van der Waals surface area contributed by atoms with E-state index in [2.05, 4.69) is 155 Å². The first kappa shape index (κ1) is 21.6. The lowest BCUT2D eigenvalue weighted by Crippen LogP contribution is -1.97. The second-order valence-corrected chi connectivity index (χ2v) is 10.6. The Balaban J connectivity index is 1.50. The first-order valence-electron chi connectivity index (χ1n) is 13.8. The van der Waals surface area contributed by atoms with Crippen LogP contribution in [0.25, 0.3) is 76.5 Å². The van der Waals surface area contributed by atoms with Crippen LogP contribution in [-0.2, 0) is 0 Å². The number of aromatic nitrogens is 2. The van der Waals surface area contributed by atoms with Gasteiger partial charge in [0.15, 0.2) is 0 Å². The molecule has 0 aliphatic heterocycles. The van der Waals surface area contributed by atoms with Crippen molar-refractivity contribution in [3.63, 3.8) is 0 Å². The Bertz CT molecular complexity index is 2420. The van der Waals surface area contributed by atoms with Crippen molar-refractivity contribution in [1.82, 2.24) is 9.13 Å². The molecule has 0 aliphatic rings. The van der Waals surface area contributed by atoms with E-state index in [1.54, 1.807) is 0 Å². The molecule has 2 heteroatoms. The Morgan fingerprint density at radius 1 is 0.300 bits per heavy atom. The summed E-state index contributed by atoms with van der Waals surface area (Å²) in [6.45, 7) is 0. The predicted octanol–water partition coefficient (Wildman–Crippen LogP) is 10.2. The van der Waals surface area contributed by atoms with Gasteiger partial charge in [0.2, 0.25) is 0 Å². The molecule has 0 amide bonds. The van der Waals surface area contributed by atoms with Gasteiger partial charge >= 0.3 is 0 Å². The van der Waals surface area contributed by atoms with Crippen LogP contribution in [0, 0.1) is 0 Å². The number of nitrogens with zero attached hydrogens (tertiary/aromatic N) is 2. The summed E-state index contributed by atoms with van der Waals surface area (Å²) in [6, 6.07) is 53.0. The Kier molecular flexibility index (Phi) is 4.36. The van der Waals surface area contributed by atoms with Gasteiger partial charge in [-0.15, -0.1) is 0 Å². The molecule has 0 saturated carbocycles. The normalized spacial score (nSPS) is 12.0. The molecule has 0 unspecified atom stereocenters. The van der Waals surface area contributed by atoms with Crippen LogP contribution in [0.2, 0.25) is 0 Å². The maximum absolute atomic E-state index is 2.48. The molecule has 2 aromatic heterocycles. The summed E-state index contributed by atoms with van der Waals surface area (Å²) in [5.74, 6) is 0. The Labute approximate surface area is 230 Å². The van der Waals surface area contributed by atoms with Crippen LogP contribution in [0.5, 0.6) is 0 Å². The van der Waals surface area contributed by atoms with Crippen LogP contribution in [0.3, 0.4) is 0 Å². The lowest BCUT2D eigenvalue weighted by atomic mass is 10.00. The van der Waals surface area contributed by atoms with Gasteiger partial charge in [-0.3, -0.25) is 0 Å². The Morgan fingerprint density at radius 2 is 0.825 bits per heavy atom. The predicted molar refractivity (Wildman–Crippen MR) is 170 cm³/mol. The molecule has 40 heavy (non-hydrogen) atoms. The van der Waals surface area contributed by atoms with Crippen LogP contribution in [0.4, 0.5) is 0 Å². The molecule has 9 rings (SSSR count). The fraction of sp³-hybridized carbons (Fsp3) is 0. The molecule has 186 valence electrons. The minimum Gasteiger partial charge on any atom is -0.309 e. The smallest absolute Gasteiger partial charge is 0.0562 e. The van der Waals surface area contributed by atoms with E-state index in [9.17, 15) is 0 Å². The quantitative estimate of drug-likeness (QED) is 0.206. The maximum Gasteiger partial charge on any atom is 0.0562 e. The van der Waals surface area contributed by atoms with Gasteiger partial charge in [0.25, 0.3) is 0 Å². The van der Waals surface area contributed by atoms with Gasteiger partial charge in [0, 0.05) is 32.6 Å². The van der Waals surface area contributed by atoms with Crippen molar-refractivity contribution < 1.29 is 0 Å². The second-order valence-electron chi connectivity index (χ2n) is 10.6. The summed E-state index contributed by atoms with van der Waals surface area (Å²) in [5, 5.41) is 10.2. The fourth-order valence-corrected chi connectivity index (χ4v) is 6.77. The first-order valence-corrected chi connectivity index (χ1v) is 13.8. The van der Waals surface area contributed by atoms with Gasteiger partial charge in [0.1, 0.15) is 0 Å². The average Bonchev–Trinajstić information content (AvgIpc) is 3.52. The molecule has 7 aromatic carbocycles. The summed E-state index contributed by atoms with van der Waals surface area (Å²) in [7, 11) is 0. The van der Waals surface area contributed by atoms with Crippen LogP contribution in [0.1, 0.15) is 0 Å². The molecular weight excluding hydrogens is 484 g/mol. The van der Waals surface area contributed by atoms with Gasteiger partial charge in [-0.1, -0.05) is 103 Å². The lowest BCUT2D eigenvalue weighted by molar-refractivity contribution is 1.17. The van der Waals surface area contributed by atoms with Crippen molar-refractivity contribution in [1.29, 1.82) is 0 Å². The second kappa shape index (κ2) is 8.08. The zero-order valence-electron chi connectivity index (χ0n) is 21.8. The highest BCUT2D eigenvalue weighted by atomic mass is 15.0. The van der Waals surface area contributed by atoms with Gasteiger partial charge in [0.05, 0.1) is 27.8 Å². The SMILES string of the molecule is c1ccc(-n2c3ccccc3c3cc4c5ccccc5n(-c5cc6ccccc6c6ccccc56)c4cc32)cc1. The molecule has 0 radical (unpaired) electrons. The fourth-order valence-electron chi connectivity index (χ4n) is 6.77. The standard InChI is InChI=1S/C38H24N2/c1-2-13-26(14-3-1)39-34-20-10-8-18-30(34)32-23-33-31-19-9-11-21-35(31)40(38(33)24-37(32)39)36-22-25-12-4-5-15-27(25)28-16-6-7-17-29(28)36/h1-24H. The van der Waals surface area contributed by atoms with Crippen LogP contribution >= 0.6 is 0 Å². The number of benzene rings is 7. The summed E-state index contributed by atoms with van der Waals surface area (Å²) in [4.78, 5) is 0. The van der Waals surface area contributed by atoms with Crippen molar-refractivity contribution >= 4 is 65.2 Å². The monoisotopic (exact) mass is 508 g/mol. The van der Waals surface area contributed by atoms with E-state index in [0.717, 1.165) is 0 Å². The van der Waals surface area contributed by atoms with Gasteiger partial charge in [-0.2, -0.15) is 0 Å². The van der Waals surface area contributed by atoms with Crippen molar-refractivity contribution in [3.05, 3.63) is 146 Å². The van der Waals surface area contributed by atoms with Crippen LogP contribution < -0.4 is 0 Å². The van der Waals surface area contributed by atoms with E-state index < -0.39 is 0 Å². The van der Waals surface area contributed by atoms with Crippen molar-refractivity contribution in [2.45, 2.75) is 0 Å². The Morgan fingerprint density at radius 3 is 1.55 bits per heavy atom. The van der Waals surface area contributed by atoms with E-state index in [4.69, 9.17) is 0 Å². The number of rotatable bonds is 2. The van der Waals surface area contributed by atoms with Gasteiger partial charge in [-0.25, -0.2) is 0 Å². The lowest BCUT2D eigenvalue weighted by Gasteiger charge is -2.14. The topological polar surface area (TPSA) is 9.86 Å². The third-order valence-electron chi connectivity index (χ3n) is 8.47. The maximum atomic E-state index is 2.48. The molecule has 9 aromatic rings. The molecule has 2 heterocycles. The summed E-state index contributed by atoms with van der Waals surface area (Å²) >= 11 is 0. The minimum atomic E-state index is 1.17. The van der Waals surface area contributed by atoms with E-state index in [-0.39, 0.29) is 0 Å². The van der Waals surface area contributed by atoms with E-state index >= 15 is 0 Å². The van der Waals surface area contributed by atoms with Gasteiger partial charge in [-0.05, 0) is 58.6 Å². The van der Waals surface area contributed by atoms with Crippen molar-refractivity contribution in [2.24, 2.45) is 0 Å². The molecule has 0 saturated heterocycles. The summed E-state index contributed by atoms with van der Waals surface area (Å²) in [6.07, 6.45) is 0. The number of hydrogen-bond acceptors (Lipinski definition) is 0. The molecule has 0 N–H and O–H groups in total. The van der Waals surface area contributed by atoms with E-state index in [1.165, 1.54) is 76.5 Å². The van der Waals surface area contributed by atoms with Crippen LogP contribution in [0.15, 0.2) is 146 Å². The zero-order chi connectivity index (χ0) is 26.2. The molecule has 0 spiro atoms. The zero-order valence-corrected chi connectivity index (χ0v) is 21.8. The largest absolute Gasteiger partial charge is 0.309 e.